The SMILES string of the molecule is CON=C(c1ccccc1)c1ccc(CNc2ccc(CCC(C)=O)cc2)cc1. The van der Waals surface area contributed by atoms with Crippen LogP contribution in [0.1, 0.15) is 35.6 Å². The first kappa shape index (κ1) is 20.3. The fourth-order valence-electron chi connectivity index (χ4n) is 3.05. The summed E-state index contributed by atoms with van der Waals surface area (Å²) < 4.78 is 0. The van der Waals surface area contributed by atoms with Gasteiger partial charge in [0.1, 0.15) is 18.6 Å². The van der Waals surface area contributed by atoms with Gasteiger partial charge in [0.05, 0.1) is 0 Å². The first-order valence-electron chi connectivity index (χ1n) is 9.74. The van der Waals surface area contributed by atoms with E-state index < -0.39 is 0 Å². The molecule has 0 saturated heterocycles. The van der Waals surface area contributed by atoms with E-state index >= 15 is 0 Å². The number of nitrogens with one attached hydrogen (secondary N) is 1. The third-order valence-corrected chi connectivity index (χ3v) is 4.67. The Bertz CT molecular complexity index is 946. The Morgan fingerprint density at radius 2 is 1.48 bits per heavy atom. The van der Waals surface area contributed by atoms with Crippen molar-refractivity contribution in [1.29, 1.82) is 0 Å². The van der Waals surface area contributed by atoms with E-state index in [1.54, 1.807) is 14.0 Å². The highest BCUT2D eigenvalue weighted by Gasteiger charge is 2.07. The maximum atomic E-state index is 11.1. The van der Waals surface area contributed by atoms with Gasteiger partial charge in [-0.05, 0) is 36.6 Å². The van der Waals surface area contributed by atoms with Crippen molar-refractivity contribution in [2.24, 2.45) is 5.16 Å². The fourth-order valence-corrected chi connectivity index (χ4v) is 3.05. The number of hydrogen-bond donors (Lipinski definition) is 1. The van der Waals surface area contributed by atoms with Gasteiger partial charge in [-0.2, -0.15) is 0 Å². The van der Waals surface area contributed by atoms with Crippen LogP contribution in [0.25, 0.3) is 0 Å². The molecule has 0 bridgehead atoms. The summed E-state index contributed by atoms with van der Waals surface area (Å²) in [5, 5.41) is 7.64. The van der Waals surface area contributed by atoms with Gasteiger partial charge < -0.3 is 14.9 Å². The molecule has 0 fully saturated rings. The monoisotopic (exact) mass is 386 g/mol. The van der Waals surface area contributed by atoms with Crippen molar-refractivity contribution in [1.82, 2.24) is 0 Å². The summed E-state index contributed by atoms with van der Waals surface area (Å²) in [6, 6.07) is 26.6. The maximum absolute atomic E-state index is 11.1. The molecule has 0 saturated carbocycles. The van der Waals surface area contributed by atoms with E-state index in [2.05, 4.69) is 59.0 Å². The summed E-state index contributed by atoms with van der Waals surface area (Å²) >= 11 is 0. The molecule has 1 N–H and O–H groups in total. The number of benzene rings is 3. The maximum Gasteiger partial charge on any atom is 0.130 e. The van der Waals surface area contributed by atoms with Crippen LogP contribution in [0.4, 0.5) is 5.69 Å². The van der Waals surface area contributed by atoms with E-state index in [4.69, 9.17) is 4.84 Å². The molecule has 0 unspecified atom stereocenters. The number of rotatable bonds is 9. The van der Waals surface area contributed by atoms with Crippen molar-refractivity contribution in [3.8, 4) is 0 Å². The van der Waals surface area contributed by atoms with Crippen LogP contribution in [0.5, 0.6) is 0 Å². The highest BCUT2D eigenvalue weighted by Crippen LogP contribution is 2.15. The van der Waals surface area contributed by atoms with Gasteiger partial charge in [0.2, 0.25) is 0 Å². The standard InChI is InChI=1S/C25H26N2O2/c1-19(28)8-9-20-12-16-24(17-13-20)26-18-21-10-14-23(15-11-21)25(27-29-2)22-6-4-3-5-7-22/h3-7,10-17,26H,8-9,18H2,1-2H3. The molecule has 3 aromatic carbocycles. The van der Waals surface area contributed by atoms with Gasteiger partial charge in [-0.15, -0.1) is 0 Å². The highest BCUT2D eigenvalue weighted by molar-refractivity contribution is 6.12. The second-order valence-electron chi connectivity index (χ2n) is 6.94. The van der Waals surface area contributed by atoms with Crippen LogP contribution in [0.3, 0.4) is 0 Å². The largest absolute Gasteiger partial charge is 0.399 e. The predicted molar refractivity (Wildman–Crippen MR) is 118 cm³/mol. The lowest BCUT2D eigenvalue weighted by Gasteiger charge is -2.10. The van der Waals surface area contributed by atoms with Crippen molar-refractivity contribution in [2.75, 3.05) is 12.4 Å². The Morgan fingerprint density at radius 1 is 0.862 bits per heavy atom. The first-order valence-corrected chi connectivity index (χ1v) is 9.74. The fraction of sp³-hybridized carbons (Fsp3) is 0.200. The molecule has 3 rings (SSSR count). The van der Waals surface area contributed by atoms with Crippen molar-refractivity contribution in [3.63, 3.8) is 0 Å². The minimum absolute atomic E-state index is 0.224. The predicted octanol–water partition coefficient (Wildman–Crippen LogP) is 5.22. The van der Waals surface area contributed by atoms with Gasteiger partial charge >= 0.3 is 0 Å². The molecule has 0 aliphatic rings. The van der Waals surface area contributed by atoms with Gasteiger partial charge in [0.15, 0.2) is 0 Å². The number of hydrogen-bond acceptors (Lipinski definition) is 4. The second-order valence-corrected chi connectivity index (χ2v) is 6.94. The van der Waals surface area contributed by atoms with Crippen molar-refractivity contribution >= 4 is 17.2 Å². The average molecular weight is 386 g/mol. The summed E-state index contributed by atoms with van der Waals surface area (Å²) in [5.74, 6) is 0.224. The summed E-state index contributed by atoms with van der Waals surface area (Å²) in [6.07, 6.45) is 1.39. The summed E-state index contributed by atoms with van der Waals surface area (Å²) in [7, 11) is 1.56. The molecule has 0 heterocycles. The Hall–Kier alpha value is -3.40. The quantitative estimate of drug-likeness (QED) is 0.405. The van der Waals surface area contributed by atoms with Crippen molar-refractivity contribution in [2.45, 2.75) is 26.3 Å². The van der Waals surface area contributed by atoms with E-state index in [0.29, 0.717) is 6.42 Å². The van der Waals surface area contributed by atoms with E-state index in [9.17, 15) is 4.79 Å². The molecule has 0 radical (unpaired) electrons. The van der Waals surface area contributed by atoms with E-state index in [-0.39, 0.29) is 5.78 Å². The third kappa shape index (κ3) is 6.04. The number of nitrogens with zero attached hydrogens (tertiary/aromatic N) is 1. The highest BCUT2D eigenvalue weighted by atomic mass is 16.6. The lowest BCUT2D eigenvalue weighted by atomic mass is 10.0. The number of carbonyl (C=O) groups is 1. The van der Waals surface area contributed by atoms with Gasteiger partial charge in [-0.3, -0.25) is 0 Å². The molecular formula is C25H26N2O2. The second kappa shape index (κ2) is 10.2. The van der Waals surface area contributed by atoms with Crippen LogP contribution >= 0.6 is 0 Å². The minimum Gasteiger partial charge on any atom is -0.399 e. The number of aryl methyl sites for hydroxylation is 1. The van der Waals surface area contributed by atoms with Crippen LogP contribution in [-0.4, -0.2) is 18.6 Å². The molecular weight excluding hydrogens is 360 g/mol. The number of Topliss-reactive ketones (excluding diaryl/α,β-unsaturated/α-hetero) is 1. The zero-order chi connectivity index (χ0) is 20.5. The molecule has 0 atom stereocenters. The number of ketones is 1. The zero-order valence-electron chi connectivity index (χ0n) is 16.9. The Kier molecular flexibility index (Phi) is 7.17. The van der Waals surface area contributed by atoms with Crippen molar-refractivity contribution < 1.29 is 9.63 Å². The smallest absolute Gasteiger partial charge is 0.130 e. The van der Waals surface area contributed by atoms with Crippen LogP contribution in [0, 0.1) is 0 Å². The van der Waals surface area contributed by atoms with Crippen LogP contribution in [-0.2, 0) is 22.6 Å². The molecule has 29 heavy (non-hydrogen) atoms. The first-order chi connectivity index (χ1) is 14.2. The Balaban J connectivity index is 1.62. The molecule has 3 aromatic rings. The number of carbonyl (C=O) groups excluding carboxylic acids is 1. The topological polar surface area (TPSA) is 50.7 Å². The molecule has 0 aromatic heterocycles. The minimum atomic E-state index is 0.224. The molecule has 4 heteroatoms. The van der Waals surface area contributed by atoms with E-state index in [1.807, 2.05) is 30.3 Å². The zero-order valence-corrected chi connectivity index (χ0v) is 16.9. The molecule has 148 valence electrons. The summed E-state index contributed by atoms with van der Waals surface area (Å²) in [6.45, 7) is 2.36. The van der Waals surface area contributed by atoms with E-state index in [0.717, 1.165) is 35.5 Å². The normalized spacial score (nSPS) is 11.2. The molecule has 0 spiro atoms. The number of anilines is 1. The van der Waals surface area contributed by atoms with Gasteiger partial charge in [-0.25, -0.2) is 0 Å². The molecule has 0 aliphatic heterocycles. The van der Waals surface area contributed by atoms with Gasteiger partial charge in [0, 0.05) is 29.8 Å². The van der Waals surface area contributed by atoms with Gasteiger partial charge in [-0.1, -0.05) is 71.9 Å². The van der Waals surface area contributed by atoms with Crippen LogP contribution in [0.2, 0.25) is 0 Å². The lowest BCUT2D eigenvalue weighted by Crippen LogP contribution is -2.05. The Morgan fingerprint density at radius 3 is 2.10 bits per heavy atom. The Labute approximate surface area is 172 Å². The summed E-state index contributed by atoms with van der Waals surface area (Å²) in [4.78, 5) is 16.1. The molecule has 0 amide bonds. The van der Waals surface area contributed by atoms with Crippen LogP contribution in [0.15, 0.2) is 84.0 Å². The van der Waals surface area contributed by atoms with Gasteiger partial charge in [0.25, 0.3) is 0 Å². The average Bonchev–Trinajstić information content (AvgIpc) is 2.76. The lowest BCUT2D eigenvalue weighted by molar-refractivity contribution is -0.116. The molecule has 4 nitrogen and oxygen atoms in total. The number of oxime groups is 1. The summed E-state index contributed by atoms with van der Waals surface area (Å²) in [5.41, 5.74) is 6.27. The molecule has 0 aliphatic carbocycles. The van der Waals surface area contributed by atoms with E-state index in [1.165, 1.54) is 11.1 Å². The van der Waals surface area contributed by atoms with Crippen molar-refractivity contribution in [3.05, 3.63) is 101 Å². The van der Waals surface area contributed by atoms with Crippen LogP contribution < -0.4 is 5.32 Å². The third-order valence-electron chi connectivity index (χ3n) is 4.67.